The van der Waals surface area contributed by atoms with Crippen LogP contribution in [0.1, 0.15) is 70.8 Å². The number of nitrogens with one attached hydrogen (secondary N) is 2. The zero-order chi connectivity index (χ0) is 51.0. The molecule has 6 unspecified atom stereocenters. The number of fused-ring (bicyclic) bond motifs is 2. The number of hydrogen-bond donors (Lipinski definition) is 4. The molecule has 4 aromatic heterocycles. The Kier molecular flexibility index (Phi) is 15.9. The van der Waals surface area contributed by atoms with E-state index < -0.39 is 118 Å². The molecule has 2 saturated heterocycles. The maximum Gasteiger partial charge on any atom is 0.695 e. The van der Waals surface area contributed by atoms with E-state index in [1.165, 1.54) is 34.4 Å². The van der Waals surface area contributed by atoms with Crippen LogP contribution in [0.15, 0.2) is 60.4 Å². The van der Waals surface area contributed by atoms with E-state index in [1.54, 1.807) is 30.3 Å². The number of aromatic nitrogens is 8. The van der Waals surface area contributed by atoms with Gasteiger partial charge in [-0.05, 0) is 48.4 Å². The van der Waals surface area contributed by atoms with Gasteiger partial charge in [0, 0.05) is 10.1 Å². The molecule has 24 nitrogen and oxygen atoms in total. The van der Waals surface area contributed by atoms with Crippen molar-refractivity contribution in [3.63, 3.8) is 0 Å². The lowest BCUT2D eigenvalue weighted by molar-refractivity contribution is -0.0592. The quantitative estimate of drug-likeness (QED) is 0.0403. The third-order valence-electron chi connectivity index (χ3n) is 13.1. The average molecular weight is 1050 g/mol. The number of nitriles is 1. The molecule has 0 spiro atoms. The van der Waals surface area contributed by atoms with Gasteiger partial charge in [0.15, 0.2) is 63.3 Å². The first kappa shape index (κ1) is 53.2. The molecule has 5 aromatic rings. The third kappa shape index (κ3) is 11.2. The second kappa shape index (κ2) is 20.9. The Balaban J connectivity index is 1.25. The van der Waals surface area contributed by atoms with Gasteiger partial charge in [-0.15, -0.1) is 9.42 Å². The molecule has 10 atom stereocenters. The van der Waals surface area contributed by atoms with Gasteiger partial charge in [0.05, 0.1) is 51.3 Å². The monoisotopic (exact) mass is 1050 g/mol. The highest BCUT2D eigenvalue weighted by atomic mass is 31.2. The normalized spacial score (nSPS) is 24.5. The van der Waals surface area contributed by atoms with Crippen molar-refractivity contribution in [2.75, 3.05) is 25.1 Å². The van der Waals surface area contributed by atoms with Gasteiger partial charge in [-0.25, -0.2) is 29.5 Å². The zero-order valence-electron chi connectivity index (χ0n) is 40.4. The number of phosphoric ester groups is 1. The van der Waals surface area contributed by atoms with E-state index in [2.05, 4.69) is 35.2 Å². The van der Waals surface area contributed by atoms with Crippen molar-refractivity contribution < 1.29 is 60.3 Å². The fraction of sp³-hybridized carbons (Fsp3) is 0.571. The lowest BCUT2D eigenvalue weighted by Gasteiger charge is -2.41. The number of H-pyrrole nitrogens is 1. The van der Waals surface area contributed by atoms with Crippen molar-refractivity contribution in [1.29, 1.82) is 5.26 Å². The van der Waals surface area contributed by atoms with Crippen LogP contribution >= 0.6 is 16.1 Å². The summed E-state index contributed by atoms with van der Waals surface area (Å²) in [6.07, 6.45) is -5.09. The number of carbonyl (C=O) groups excluding carboxylic acids is 1. The first-order valence-corrected chi connectivity index (χ1v) is 30.8. The van der Waals surface area contributed by atoms with Crippen LogP contribution in [0.25, 0.3) is 22.3 Å². The Labute approximate surface area is 406 Å². The first-order valence-electron chi connectivity index (χ1n) is 22.4. The van der Waals surface area contributed by atoms with Crippen LogP contribution in [0.3, 0.4) is 0 Å². The standard InChI is InChI=1S/C42H58N10O14P2Si2/c1-41(2,3)69(7,8)65-31-27(62-39(32(31)63-67(56)57)51-23-48-28-34(44-21-45-35(28)51)50-37(54)25-15-12-11-13-16-25)20-60-68(58,59-18-14-17-43)64-30-26(19-53)61-40(33(30)66-70(9,10)42(4,5)6)52-24-49-29-36(52)46-22-47-38(29)55/h11-13,15-16,21-24,26-27,30-33,39-40,53H,14,18-20H2,1-10H3,(H2-,44,45,46,47,50,54,55,56,57)/p+1/t26?,27?,30-,31-,32-,33-,39?,40?,68?/m1/s1. The van der Waals surface area contributed by atoms with Gasteiger partial charge in [0.2, 0.25) is 0 Å². The van der Waals surface area contributed by atoms with Crippen molar-refractivity contribution in [2.24, 2.45) is 0 Å². The summed E-state index contributed by atoms with van der Waals surface area (Å²) < 4.78 is 81.8. The maximum atomic E-state index is 15.2. The SMILES string of the molecule is CC(C)(C)[Si](C)(C)O[C@@H]1C(COP(=O)(OCCC#N)O[C@@H]2C(CO)OC(n3cnc4c(=O)[nH]cnc43)[C@@H]2O[Si](C)(C)C(C)(C)C)OC(n2cnc3c(NC(=O)c4ccccc4)ncnc32)[C@@H]1O[P+](=O)O. The molecule has 0 bridgehead atoms. The van der Waals surface area contributed by atoms with Crippen LogP contribution in [0.4, 0.5) is 5.82 Å². The maximum absolute atomic E-state index is 15.2. The molecular formula is C42H59N10O14P2Si2+. The number of phosphoric acid groups is 1. The summed E-state index contributed by atoms with van der Waals surface area (Å²) in [5.41, 5.74) is 0.329. The fourth-order valence-corrected chi connectivity index (χ4v) is 11.8. The van der Waals surface area contributed by atoms with E-state index in [0.29, 0.717) is 5.56 Å². The van der Waals surface area contributed by atoms with E-state index in [1.807, 2.05) is 73.8 Å². The summed E-state index contributed by atoms with van der Waals surface area (Å²) in [4.78, 5) is 60.5. The fourth-order valence-electron chi connectivity index (χ4n) is 7.35. The Bertz CT molecular complexity index is 2830. The second-order valence-corrected chi connectivity index (χ2v) is 31.6. The van der Waals surface area contributed by atoms with Crippen molar-refractivity contribution in [3.8, 4) is 6.07 Å². The number of aliphatic hydroxyl groups excluding tert-OH is 1. The number of anilines is 1. The third-order valence-corrected chi connectivity index (χ3v) is 23.9. The van der Waals surface area contributed by atoms with Gasteiger partial charge in [-0.3, -0.25) is 32.3 Å². The molecule has 0 radical (unpaired) electrons. The first-order chi connectivity index (χ1) is 32.9. The van der Waals surface area contributed by atoms with Gasteiger partial charge in [-0.1, -0.05) is 59.7 Å². The van der Waals surface area contributed by atoms with Crippen molar-refractivity contribution in [2.45, 2.75) is 133 Å². The van der Waals surface area contributed by atoms with Crippen molar-refractivity contribution in [3.05, 3.63) is 71.6 Å². The number of imidazole rings is 2. The van der Waals surface area contributed by atoms with Gasteiger partial charge >= 0.3 is 16.1 Å². The second-order valence-electron chi connectivity index (χ2n) is 19.8. The molecule has 28 heteroatoms. The summed E-state index contributed by atoms with van der Waals surface area (Å²) in [5, 5.41) is 22.3. The lowest BCUT2D eigenvalue weighted by Crippen LogP contribution is -2.50. The number of nitrogens with zero attached hydrogens (tertiary/aromatic N) is 8. The highest BCUT2D eigenvalue weighted by Gasteiger charge is 2.58. The lowest BCUT2D eigenvalue weighted by atomic mass is 10.1. The number of rotatable bonds is 19. The number of aliphatic hydroxyl groups is 1. The van der Waals surface area contributed by atoms with Crippen LogP contribution in [0.5, 0.6) is 0 Å². The highest BCUT2D eigenvalue weighted by molar-refractivity contribution is 7.48. The van der Waals surface area contributed by atoms with E-state index in [9.17, 15) is 29.4 Å². The van der Waals surface area contributed by atoms with E-state index in [4.69, 9.17) is 36.4 Å². The van der Waals surface area contributed by atoms with Crippen LogP contribution in [-0.4, -0.2) is 128 Å². The number of aromatic amines is 1. The largest absolute Gasteiger partial charge is 0.695 e. The molecule has 2 aliphatic rings. The minimum absolute atomic E-state index is 0.0136. The minimum atomic E-state index is -4.88. The Morgan fingerprint density at radius 3 is 2.09 bits per heavy atom. The Hall–Kier alpha value is -4.56. The molecule has 378 valence electrons. The summed E-state index contributed by atoms with van der Waals surface area (Å²) >= 11 is 0. The summed E-state index contributed by atoms with van der Waals surface area (Å²) in [5.74, 6) is -0.384. The number of benzene rings is 1. The Morgan fingerprint density at radius 1 is 0.871 bits per heavy atom. The molecule has 0 aliphatic carbocycles. The molecule has 70 heavy (non-hydrogen) atoms. The van der Waals surface area contributed by atoms with Gasteiger partial charge in [0.1, 0.15) is 36.8 Å². The van der Waals surface area contributed by atoms with E-state index >= 15 is 4.57 Å². The molecule has 1 amide bonds. The zero-order valence-corrected chi connectivity index (χ0v) is 44.2. The average Bonchev–Trinajstić information content (AvgIpc) is 4.07. The molecule has 4 N–H and O–H groups in total. The molecule has 1 aromatic carbocycles. The summed E-state index contributed by atoms with van der Waals surface area (Å²) in [6, 6.07) is 10.4. The molecule has 2 aliphatic heterocycles. The van der Waals surface area contributed by atoms with Crippen LogP contribution in [0, 0.1) is 11.3 Å². The van der Waals surface area contributed by atoms with Gasteiger partial charge in [-0.2, -0.15) is 5.26 Å². The predicted molar refractivity (Wildman–Crippen MR) is 256 cm³/mol. The van der Waals surface area contributed by atoms with E-state index in [-0.39, 0.29) is 39.6 Å². The molecule has 7 rings (SSSR count). The van der Waals surface area contributed by atoms with E-state index in [0.717, 1.165) is 0 Å². The minimum Gasteiger partial charge on any atom is -0.408 e. The number of hydrogen-bond acceptors (Lipinski definition) is 19. The smallest absolute Gasteiger partial charge is 0.408 e. The summed E-state index contributed by atoms with van der Waals surface area (Å²) in [6.45, 7) is 18.2. The number of ether oxygens (including phenoxy) is 2. The number of amides is 1. The molecule has 6 heterocycles. The van der Waals surface area contributed by atoms with Crippen molar-refractivity contribution >= 4 is 66.8 Å². The summed E-state index contributed by atoms with van der Waals surface area (Å²) in [7, 11) is -13.8. The predicted octanol–water partition coefficient (Wildman–Crippen LogP) is 6.25. The van der Waals surface area contributed by atoms with Crippen molar-refractivity contribution in [1.82, 2.24) is 39.0 Å². The topological polar surface area (TPSA) is 308 Å². The molecular weight excluding hydrogens is 987 g/mol. The number of carbonyl (C=O) groups is 1. The highest BCUT2D eigenvalue weighted by Crippen LogP contribution is 2.56. The Morgan fingerprint density at radius 2 is 1.47 bits per heavy atom. The molecule has 2 fully saturated rings. The van der Waals surface area contributed by atoms with Crippen LogP contribution in [0.2, 0.25) is 36.3 Å². The molecule has 0 saturated carbocycles. The van der Waals surface area contributed by atoms with Gasteiger partial charge in [0.25, 0.3) is 11.5 Å². The van der Waals surface area contributed by atoms with Crippen LogP contribution < -0.4 is 10.9 Å². The van der Waals surface area contributed by atoms with Crippen LogP contribution in [-0.2, 0) is 45.6 Å². The van der Waals surface area contributed by atoms with Gasteiger partial charge < -0.3 is 33.7 Å².